The van der Waals surface area contributed by atoms with Crippen LogP contribution in [0, 0.1) is 6.92 Å². The Hall–Kier alpha value is -3.29. The standard InChI is InChI=1S/C23H27N7O4S2/c1-16-4-6-19(7-5-16)36(33,34)30-11-9-20-22(24-15-25-23(20)30)28(2)18-8-10-29-14-17(27-21(29)12-18)13-26-35(3,31)32/h4-7,9,11,14-15,18,26H,8,10,12-13H2,1-3H3. The summed E-state index contributed by atoms with van der Waals surface area (Å²) < 4.78 is 55.1. The van der Waals surface area contributed by atoms with E-state index in [0.717, 1.165) is 30.6 Å². The maximum Gasteiger partial charge on any atom is 0.269 e. The molecule has 0 saturated heterocycles. The minimum absolute atomic E-state index is 0.0748. The molecule has 36 heavy (non-hydrogen) atoms. The zero-order chi connectivity index (χ0) is 25.7. The second-order valence-corrected chi connectivity index (χ2v) is 12.7. The van der Waals surface area contributed by atoms with Crippen molar-refractivity contribution in [3.63, 3.8) is 0 Å². The van der Waals surface area contributed by atoms with Gasteiger partial charge in [-0.15, -0.1) is 0 Å². The topological polar surface area (TPSA) is 132 Å². The first-order valence-corrected chi connectivity index (χ1v) is 14.7. The second kappa shape index (κ2) is 8.98. The van der Waals surface area contributed by atoms with E-state index in [4.69, 9.17) is 0 Å². The first-order chi connectivity index (χ1) is 17.0. The normalized spacial score (nSPS) is 16.2. The Morgan fingerprint density at radius 1 is 1.11 bits per heavy atom. The van der Waals surface area contributed by atoms with Crippen LogP contribution in [0.5, 0.6) is 0 Å². The number of imidazole rings is 1. The molecule has 1 N–H and O–H groups in total. The van der Waals surface area contributed by atoms with Crippen LogP contribution in [0.1, 0.15) is 23.5 Å². The maximum absolute atomic E-state index is 13.3. The zero-order valence-corrected chi connectivity index (χ0v) is 21.8. The molecule has 3 aromatic heterocycles. The molecular formula is C23H27N7O4S2. The van der Waals surface area contributed by atoms with Gasteiger partial charge >= 0.3 is 0 Å². The number of benzene rings is 1. The predicted molar refractivity (Wildman–Crippen MR) is 136 cm³/mol. The van der Waals surface area contributed by atoms with E-state index in [1.807, 2.05) is 29.6 Å². The van der Waals surface area contributed by atoms with E-state index in [-0.39, 0.29) is 17.5 Å². The number of anilines is 1. The first-order valence-electron chi connectivity index (χ1n) is 11.4. The molecule has 0 spiro atoms. The van der Waals surface area contributed by atoms with Gasteiger partial charge in [-0.3, -0.25) is 0 Å². The van der Waals surface area contributed by atoms with Crippen molar-refractivity contribution in [1.29, 1.82) is 0 Å². The molecule has 1 aliphatic heterocycles. The monoisotopic (exact) mass is 529 g/mol. The fourth-order valence-corrected chi connectivity index (χ4v) is 6.19. The number of fused-ring (bicyclic) bond motifs is 2. The van der Waals surface area contributed by atoms with E-state index in [9.17, 15) is 16.8 Å². The number of nitrogens with zero attached hydrogens (tertiary/aromatic N) is 6. The minimum atomic E-state index is -3.81. The van der Waals surface area contributed by atoms with Gasteiger partial charge in [0.05, 0.1) is 28.8 Å². The molecule has 5 rings (SSSR count). The highest BCUT2D eigenvalue weighted by molar-refractivity contribution is 7.90. The van der Waals surface area contributed by atoms with Crippen molar-refractivity contribution in [3.05, 3.63) is 66.1 Å². The van der Waals surface area contributed by atoms with Crippen LogP contribution >= 0.6 is 0 Å². The maximum atomic E-state index is 13.3. The van der Waals surface area contributed by atoms with Crippen molar-refractivity contribution < 1.29 is 16.8 Å². The van der Waals surface area contributed by atoms with Crippen LogP contribution < -0.4 is 9.62 Å². The van der Waals surface area contributed by atoms with Gasteiger partial charge in [0.1, 0.15) is 18.0 Å². The number of sulfonamides is 1. The van der Waals surface area contributed by atoms with E-state index in [2.05, 4.69) is 19.7 Å². The summed E-state index contributed by atoms with van der Waals surface area (Å²) in [6.07, 6.45) is 7.36. The average molecular weight is 530 g/mol. The fourth-order valence-electron chi connectivity index (χ4n) is 4.48. The van der Waals surface area contributed by atoms with Gasteiger partial charge in [-0.1, -0.05) is 17.7 Å². The van der Waals surface area contributed by atoms with Crippen LogP contribution in [-0.2, 0) is 39.6 Å². The third kappa shape index (κ3) is 4.61. The highest BCUT2D eigenvalue weighted by Gasteiger charge is 2.27. The molecule has 1 atom stereocenters. The lowest BCUT2D eigenvalue weighted by molar-refractivity contribution is 0.448. The van der Waals surface area contributed by atoms with Gasteiger partial charge in [-0.05, 0) is 31.5 Å². The van der Waals surface area contributed by atoms with Crippen LogP contribution in [0.25, 0.3) is 11.0 Å². The van der Waals surface area contributed by atoms with E-state index < -0.39 is 20.0 Å². The van der Waals surface area contributed by atoms with Gasteiger partial charge in [-0.2, -0.15) is 0 Å². The lowest BCUT2D eigenvalue weighted by Gasteiger charge is -2.32. The van der Waals surface area contributed by atoms with Crippen molar-refractivity contribution in [2.75, 3.05) is 18.2 Å². The summed E-state index contributed by atoms with van der Waals surface area (Å²) in [7, 11) is -5.18. The molecule has 0 aliphatic carbocycles. The van der Waals surface area contributed by atoms with Gasteiger partial charge < -0.3 is 9.47 Å². The molecule has 11 nitrogen and oxygen atoms in total. The van der Waals surface area contributed by atoms with Gasteiger partial charge in [0.25, 0.3) is 10.0 Å². The molecule has 1 unspecified atom stereocenters. The highest BCUT2D eigenvalue weighted by Crippen LogP contribution is 2.30. The fraction of sp³-hybridized carbons (Fsp3) is 0.348. The molecule has 1 aliphatic rings. The van der Waals surface area contributed by atoms with Crippen molar-refractivity contribution in [1.82, 2.24) is 28.2 Å². The minimum Gasteiger partial charge on any atom is -0.356 e. The van der Waals surface area contributed by atoms with Crippen molar-refractivity contribution in [2.24, 2.45) is 0 Å². The molecular weight excluding hydrogens is 502 g/mol. The Morgan fingerprint density at radius 2 is 1.86 bits per heavy atom. The second-order valence-electron chi connectivity index (χ2n) is 9.06. The summed E-state index contributed by atoms with van der Waals surface area (Å²) in [6, 6.07) is 8.52. The van der Waals surface area contributed by atoms with Crippen LogP contribution in [0.3, 0.4) is 0 Å². The zero-order valence-electron chi connectivity index (χ0n) is 20.2. The molecule has 4 heterocycles. The Labute approximate surface area is 209 Å². The summed E-state index contributed by atoms with van der Waals surface area (Å²) in [5, 5.41) is 0.641. The Bertz CT molecular complexity index is 1640. The predicted octanol–water partition coefficient (Wildman–Crippen LogP) is 1.67. The summed E-state index contributed by atoms with van der Waals surface area (Å²) in [6.45, 7) is 2.78. The summed E-state index contributed by atoms with van der Waals surface area (Å²) in [5.74, 6) is 1.51. The van der Waals surface area contributed by atoms with Gasteiger partial charge in [0.15, 0.2) is 5.65 Å². The summed E-state index contributed by atoms with van der Waals surface area (Å²) in [4.78, 5) is 15.6. The van der Waals surface area contributed by atoms with Gasteiger partial charge in [-0.25, -0.2) is 40.5 Å². The van der Waals surface area contributed by atoms with Crippen LogP contribution in [-0.4, -0.2) is 59.7 Å². The van der Waals surface area contributed by atoms with Crippen LogP contribution in [0.4, 0.5) is 5.82 Å². The van der Waals surface area contributed by atoms with Crippen LogP contribution in [0.2, 0.25) is 0 Å². The quantitative estimate of drug-likeness (QED) is 0.382. The largest absolute Gasteiger partial charge is 0.356 e. The number of hydrogen-bond acceptors (Lipinski definition) is 8. The van der Waals surface area contributed by atoms with Crippen LogP contribution in [0.15, 0.2) is 53.9 Å². The van der Waals surface area contributed by atoms with Crippen molar-refractivity contribution in [3.8, 4) is 0 Å². The van der Waals surface area contributed by atoms with E-state index in [1.165, 1.54) is 16.5 Å². The Kier molecular flexibility index (Phi) is 6.09. The molecule has 0 amide bonds. The molecule has 1 aromatic carbocycles. The summed E-state index contributed by atoms with van der Waals surface area (Å²) in [5.41, 5.74) is 1.96. The third-order valence-electron chi connectivity index (χ3n) is 6.43. The SMILES string of the molecule is Cc1ccc(S(=O)(=O)n2ccc3c(N(C)C4CCn5cc(CNS(C)(=O)=O)nc5C4)ncnc32)cc1. The van der Waals surface area contributed by atoms with E-state index in [1.54, 1.807) is 30.3 Å². The lowest BCUT2D eigenvalue weighted by atomic mass is 10.0. The molecule has 190 valence electrons. The Morgan fingerprint density at radius 3 is 2.58 bits per heavy atom. The highest BCUT2D eigenvalue weighted by atomic mass is 32.2. The molecule has 4 aromatic rings. The molecule has 0 fully saturated rings. The smallest absolute Gasteiger partial charge is 0.269 e. The summed E-state index contributed by atoms with van der Waals surface area (Å²) >= 11 is 0. The Balaban J connectivity index is 1.41. The van der Waals surface area contributed by atoms with Crippen molar-refractivity contribution in [2.45, 2.75) is 43.8 Å². The first kappa shape index (κ1) is 24.4. The molecule has 0 saturated carbocycles. The van der Waals surface area contributed by atoms with Gasteiger partial charge in [0, 0.05) is 38.4 Å². The van der Waals surface area contributed by atoms with E-state index in [0.29, 0.717) is 29.0 Å². The van der Waals surface area contributed by atoms with Gasteiger partial charge in [0.2, 0.25) is 10.0 Å². The third-order valence-corrected chi connectivity index (χ3v) is 8.78. The number of likely N-dealkylation sites (N-methyl/N-ethyl adjacent to an activating group) is 1. The molecule has 0 bridgehead atoms. The lowest BCUT2D eigenvalue weighted by Crippen LogP contribution is -2.38. The average Bonchev–Trinajstić information content (AvgIpc) is 3.46. The number of rotatable bonds is 7. The molecule has 0 radical (unpaired) electrons. The number of aryl methyl sites for hydroxylation is 2. The number of aromatic nitrogens is 5. The van der Waals surface area contributed by atoms with Crippen molar-refractivity contribution >= 4 is 36.9 Å². The number of hydrogen-bond donors (Lipinski definition) is 1. The van der Waals surface area contributed by atoms with E-state index >= 15 is 0 Å². The molecule has 13 heteroatoms. The number of nitrogens with one attached hydrogen (secondary N) is 1.